The lowest BCUT2D eigenvalue weighted by Gasteiger charge is -2.41. The highest BCUT2D eigenvalue weighted by molar-refractivity contribution is 6.14. The summed E-state index contributed by atoms with van der Waals surface area (Å²) in [6, 6.07) is 48.0. The molecule has 11 rings (SSSR count). The number of nitrogens with zero attached hydrogens (tertiary/aromatic N) is 6. The molecule has 3 aliphatic rings. The molecule has 0 saturated carbocycles. The van der Waals surface area contributed by atoms with Crippen LogP contribution in [0.25, 0.3) is 44.1 Å². The van der Waals surface area contributed by atoms with Crippen LogP contribution in [-0.4, -0.2) is 75.2 Å². The van der Waals surface area contributed by atoms with E-state index in [-0.39, 0.29) is 35.0 Å². The van der Waals surface area contributed by atoms with Crippen molar-refractivity contribution in [3.05, 3.63) is 169 Å². The van der Waals surface area contributed by atoms with Gasteiger partial charge in [0.25, 0.3) is 0 Å². The second-order valence-corrected chi connectivity index (χ2v) is 26.1. The smallest absolute Gasteiger partial charge is 0.244 e. The summed E-state index contributed by atoms with van der Waals surface area (Å²) in [5.41, 5.74) is 9.84. The molecule has 10 nitrogen and oxygen atoms in total. The molecule has 80 heavy (non-hydrogen) atoms. The van der Waals surface area contributed by atoms with Gasteiger partial charge >= 0.3 is 0 Å². The third-order valence-corrected chi connectivity index (χ3v) is 18.0. The number of amides is 3. The van der Waals surface area contributed by atoms with Crippen LogP contribution in [0.2, 0.25) is 0 Å². The average molecular weight is 1070 g/mol. The molecule has 3 amide bonds. The number of rotatable bonds is 12. The molecule has 0 N–H and O–H groups in total. The number of para-hydroxylation sites is 1. The molecule has 0 bridgehead atoms. The van der Waals surface area contributed by atoms with Crippen molar-refractivity contribution >= 4 is 68.6 Å². The molecular formula is C70H78N6O4. The number of aryl methyl sites for hydroxylation is 2. The van der Waals surface area contributed by atoms with Crippen LogP contribution in [0, 0.1) is 22.7 Å². The number of hydrogen-bond donors (Lipinski definition) is 0. The summed E-state index contributed by atoms with van der Waals surface area (Å²) in [5, 5.41) is 2.36. The Kier molecular flexibility index (Phi) is 13.6. The van der Waals surface area contributed by atoms with E-state index in [1.54, 1.807) is 0 Å². The first-order valence-electron chi connectivity index (χ1n) is 28.7. The van der Waals surface area contributed by atoms with Gasteiger partial charge in [-0.1, -0.05) is 141 Å². The molecule has 10 heteroatoms. The van der Waals surface area contributed by atoms with Gasteiger partial charge in [0.1, 0.15) is 6.29 Å². The van der Waals surface area contributed by atoms with Crippen LogP contribution in [0.4, 0.5) is 22.7 Å². The SMILES string of the molecule is CC(C)[C@@H]1N(C(=O)CC(C)(C)C)CC[C@]1(C=O)c1cc(C[C@H](C)C2N(C(=O)C(C)(C)C)CC[C@@]23C(=O)N(c2cccc(-c4ccc5ccn(C)c5c4)c2)c2ccccc23)ccc1N(C)c1cccc(-c2ccc3ccn(C)c3c2)c1. The van der Waals surface area contributed by atoms with E-state index in [0.717, 1.165) is 79.0 Å². The van der Waals surface area contributed by atoms with E-state index in [9.17, 15) is 14.4 Å². The summed E-state index contributed by atoms with van der Waals surface area (Å²) in [6.07, 6.45) is 7.16. The molecule has 2 aromatic heterocycles. The van der Waals surface area contributed by atoms with Crippen molar-refractivity contribution in [2.45, 2.75) is 111 Å². The first-order chi connectivity index (χ1) is 38.0. The number of likely N-dealkylation sites (tertiary alicyclic amines) is 2. The van der Waals surface area contributed by atoms with E-state index < -0.39 is 28.3 Å². The Balaban J connectivity index is 1.01. The van der Waals surface area contributed by atoms with Gasteiger partial charge in [-0.25, -0.2) is 0 Å². The van der Waals surface area contributed by atoms with Gasteiger partial charge in [-0.2, -0.15) is 0 Å². The molecule has 1 spiro atoms. The highest BCUT2D eigenvalue weighted by atomic mass is 16.2. The molecular weight excluding hydrogens is 989 g/mol. The highest BCUT2D eigenvalue weighted by Crippen LogP contribution is 2.56. The van der Waals surface area contributed by atoms with E-state index in [1.807, 2.05) is 59.7 Å². The van der Waals surface area contributed by atoms with Crippen LogP contribution in [-0.2, 0) is 50.5 Å². The Morgan fingerprint density at radius 2 is 1.27 bits per heavy atom. The Morgan fingerprint density at radius 1 is 0.662 bits per heavy atom. The van der Waals surface area contributed by atoms with Crippen molar-refractivity contribution in [3.8, 4) is 22.3 Å². The Bertz CT molecular complexity index is 3740. The van der Waals surface area contributed by atoms with Gasteiger partial charge in [0, 0.05) is 86.6 Å². The molecule has 5 heterocycles. The van der Waals surface area contributed by atoms with Gasteiger partial charge < -0.3 is 28.6 Å². The van der Waals surface area contributed by atoms with Crippen LogP contribution in [0.1, 0.15) is 98.3 Å². The lowest BCUT2D eigenvalue weighted by Crippen LogP contribution is -2.55. The van der Waals surface area contributed by atoms with Gasteiger partial charge in [0.2, 0.25) is 17.7 Å². The van der Waals surface area contributed by atoms with Crippen LogP contribution < -0.4 is 9.80 Å². The zero-order valence-corrected chi connectivity index (χ0v) is 48.9. The van der Waals surface area contributed by atoms with Crippen LogP contribution in [0.3, 0.4) is 0 Å². The number of anilines is 4. The van der Waals surface area contributed by atoms with Gasteiger partial charge in [-0.3, -0.25) is 19.3 Å². The van der Waals surface area contributed by atoms with E-state index in [4.69, 9.17) is 0 Å². The third-order valence-electron chi connectivity index (χ3n) is 18.0. The minimum atomic E-state index is -1.04. The maximum atomic E-state index is 16.1. The summed E-state index contributed by atoms with van der Waals surface area (Å²) in [6.45, 7) is 19.5. The zero-order chi connectivity index (χ0) is 56.8. The zero-order valence-electron chi connectivity index (χ0n) is 48.9. The summed E-state index contributed by atoms with van der Waals surface area (Å²) >= 11 is 0. The predicted octanol–water partition coefficient (Wildman–Crippen LogP) is 14.3. The molecule has 0 aliphatic carbocycles. The van der Waals surface area contributed by atoms with Crippen LogP contribution in [0.5, 0.6) is 0 Å². The molecule has 3 aliphatic heterocycles. The molecule has 8 aromatic rings. The van der Waals surface area contributed by atoms with Crippen molar-refractivity contribution in [2.75, 3.05) is 29.9 Å². The van der Waals surface area contributed by atoms with Crippen LogP contribution >= 0.6 is 0 Å². The van der Waals surface area contributed by atoms with Crippen molar-refractivity contribution < 1.29 is 19.2 Å². The minimum Gasteiger partial charge on any atom is -0.351 e. The number of hydrogen-bond acceptors (Lipinski definition) is 5. The third kappa shape index (κ3) is 9.12. The fourth-order valence-electron chi connectivity index (χ4n) is 14.3. The first kappa shape index (κ1) is 54.2. The standard InChI is InChI=1S/C70H78N6O4/c1-45(2)63-69(44-77,31-35-74(63)62(78)43-67(4,5)6)57-38-47(23-28-58(57)73(12)54-19-15-17-50(39-54)52-26-24-48-29-33-71(10)60(48)41-52)37-46(3)64-70(32-36-75(64)65(79)68(7,8)9)56-21-13-14-22-59(56)76(66(70)80)55-20-16-18-51(40-55)53-27-25-49-30-34-72(11)61(49)42-53/h13-30,33-34,38-42,44-46,63-64H,31-32,35-37,43H2,1-12H3/t46-,63-,64?,69-,70-/m0/s1. The molecule has 5 atom stereocenters. The van der Waals surface area contributed by atoms with E-state index in [2.05, 4.69) is 204 Å². The monoisotopic (exact) mass is 1070 g/mol. The van der Waals surface area contributed by atoms with E-state index >= 15 is 4.79 Å². The fraction of sp³-hybridized carbons (Fsp3) is 0.371. The lowest BCUT2D eigenvalue weighted by molar-refractivity contribution is -0.142. The molecule has 1 unspecified atom stereocenters. The highest BCUT2D eigenvalue weighted by Gasteiger charge is 2.63. The number of aldehydes is 1. The Morgan fingerprint density at radius 3 is 1.90 bits per heavy atom. The second kappa shape index (κ2) is 20.1. The average Bonchev–Trinajstić information content (AvgIpc) is 4.30. The molecule has 6 aromatic carbocycles. The van der Waals surface area contributed by atoms with Crippen molar-refractivity contribution in [3.63, 3.8) is 0 Å². The number of carbonyl (C=O) groups is 4. The predicted molar refractivity (Wildman–Crippen MR) is 326 cm³/mol. The fourth-order valence-corrected chi connectivity index (χ4v) is 14.3. The number of benzene rings is 6. The summed E-state index contributed by atoms with van der Waals surface area (Å²) in [7, 11) is 6.20. The molecule has 0 radical (unpaired) electrons. The quantitative estimate of drug-likeness (QED) is 0.114. The second-order valence-electron chi connectivity index (χ2n) is 26.1. The van der Waals surface area contributed by atoms with Crippen molar-refractivity contribution in [2.24, 2.45) is 36.8 Å². The normalized spacial score (nSPS) is 20.7. The van der Waals surface area contributed by atoms with Gasteiger partial charge in [0.15, 0.2) is 0 Å². The van der Waals surface area contributed by atoms with Gasteiger partial charge in [-0.15, -0.1) is 0 Å². The van der Waals surface area contributed by atoms with Gasteiger partial charge in [-0.05, 0) is 147 Å². The number of fused-ring (bicyclic) bond motifs is 4. The first-order valence-corrected chi connectivity index (χ1v) is 28.7. The molecule has 2 saturated heterocycles. The number of aromatic nitrogens is 2. The van der Waals surface area contributed by atoms with E-state index in [0.29, 0.717) is 38.8 Å². The molecule has 412 valence electrons. The van der Waals surface area contributed by atoms with E-state index in [1.165, 1.54) is 10.8 Å². The summed E-state index contributed by atoms with van der Waals surface area (Å²) in [5.74, 6) is -0.206. The summed E-state index contributed by atoms with van der Waals surface area (Å²) < 4.78 is 4.27. The maximum Gasteiger partial charge on any atom is 0.244 e. The van der Waals surface area contributed by atoms with Crippen LogP contribution in [0.15, 0.2) is 152 Å². The molecule has 2 fully saturated rings. The topological polar surface area (TPSA) is 91.1 Å². The maximum absolute atomic E-state index is 16.1. The van der Waals surface area contributed by atoms with Crippen molar-refractivity contribution in [1.82, 2.24) is 18.9 Å². The van der Waals surface area contributed by atoms with Gasteiger partial charge in [0.05, 0.1) is 28.6 Å². The Hall–Kier alpha value is -7.72. The number of carbonyl (C=O) groups excluding carboxylic acids is 4. The summed E-state index contributed by atoms with van der Waals surface area (Å²) in [4.78, 5) is 68.2. The minimum absolute atomic E-state index is 0.0159. The lowest BCUT2D eigenvalue weighted by atomic mass is 9.68. The Labute approximate surface area is 473 Å². The largest absolute Gasteiger partial charge is 0.351 e. The van der Waals surface area contributed by atoms with Crippen molar-refractivity contribution in [1.29, 1.82) is 0 Å².